The number of nitrogens with one attached hydrogen (secondary N) is 1. The van der Waals surface area contributed by atoms with E-state index in [0.29, 0.717) is 14.1 Å². The van der Waals surface area contributed by atoms with Crippen LogP contribution in [0.25, 0.3) is 0 Å². The van der Waals surface area contributed by atoms with Gasteiger partial charge in [-0.25, -0.2) is 0 Å². The second-order valence-corrected chi connectivity index (χ2v) is 4.17. The van der Waals surface area contributed by atoms with Crippen molar-refractivity contribution in [2.75, 3.05) is 18.5 Å². The largest absolute Gasteiger partial charge is 0.433 e. The van der Waals surface area contributed by atoms with Crippen molar-refractivity contribution in [3.05, 3.63) is 67.1 Å². The molecule has 3 heteroatoms. The Labute approximate surface area is 109 Å². The first-order chi connectivity index (χ1) is 8.84. The van der Waals surface area contributed by atoms with Crippen molar-refractivity contribution >= 4 is 18.6 Å². The van der Waals surface area contributed by atoms with E-state index in [1.54, 1.807) is 0 Å². The molecule has 2 rings (SSSR count). The monoisotopic (exact) mass is 238 g/mol. The third-order valence-corrected chi connectivity index (χ3v) is 2.61. The van der Waals surface area contributed by atoms with Crippen molar-refractivity contribution in [3.8, 4) is 0 Å². The summed E-state index contributed by atoms with van der Waals surface area (Å²) in [5.74, 6) is 0. The van der Waals surface area contributed by atoms with Gasteiger partial charge < -0.3 is 9.97 Å². The van der Waals surface area contributed by atoms with Gasteiger partial charge >= 0.3 is 7.48 Å². The Morgan fingerprint density at radius 2 is 1.89 bits per heavy atom. The quantitative estimate of drug-likeness (QED) is 0.613. The van der Waals surface area contributed by atoms with E-state index >= 15 is 0 Å². The molecular weight excluding hydrogens is 221 g/mol. The number of benzene rings is 2. The average Bonchev–Trinajstić information content (AvgIpc) is 2.40. The van der Waals surface area contributed by atoms with Gasteiger partial charge in [-0.3, -0.25) is 0 Å². The van der Waals surface area contributed by atoms with E-state index in [1.165, 1.54) is 5.46 Å². The Hall–Kier alpha value is -1.74. The van der Waals surface area contributed by atoms with Gasteiger partial charge in [0.1, 0.15) is 0 Å². The summed E-state index contributed by atoms with van der Waals surface area (Å²) >= 11 is 0. The number of rotatable bonds is 6. The van der Waals surface area contributed by atoms with Gasteiger partial charge in [0.25, 0.3) is 0 Å². The number of para-hydroxylation sites is 1. The first-order valence-corrected chi connectivity index (χ1v) is 6.12. The molecular formula is C15H17BNO. The van der Waals surface area contributed by atoms with Gasteiger partial charge in [0.2, 0.25) is 0 Å². The Bertz CT molecular complexity index is 473. The zero-order valence-electron chi connectivity index (χ0n) is 10.4. The lowest BCUT2D eigenvalue weighted by atomic mass is 9.87. The third kappa shape index (κ3) is 4.26. The summed E-state index contributed by atoms with van der Waals surface area (Å²) < 4.78 is 5.61. The molecule has 0 atom stereocenters. The number of hydrogen-bond acceptors (Lipinski definition) is 2. The van der Waals surface area contributed by atoms with E-state index in [1.807, 2.05) is 48.5 Å². The third-order valence-electron chi connectivity index (χ3n) is 2.61. The molecule has 0 aliphatic rings. The van der Waals surface area contributed by atoms with Crippen molar-refractivity contribution in [3.63, 3.8) is 0 Å². The average molecular weight is 238 g/mol. The highest BCUT2D eigenvalue weighted by Crippen LogP contribution is 2.03. The van der Waals surface area contributed by atoms with Crippen LogP contribution in [0.15, 0.2) is 54.6 Å². The fraction of sp³-hybridized carbons (Fsp3) is 0.133. The van der Waals surface area contributed by atoms with E-state index in [2.05, 4.69) is 18.3 Å². The minimum absolute atomic E-state index is 0.639. The lowest BCUT2D eigenvalue weighted by Crippen LogP contribution is -2.20. The Morgan fingerprint density at radius 3 is 2.67 bits per heavy atom. The fourth-order valence-electron chi connectivity index (χ4n) is 1.73. The van der Waals surface area contributed by atoms with Gasteiger partial charge in [0, 0.05) is 18.8 Å². The molecule has 0 saturated heterocycles. The van der Waals surface area contributed by atoms with Crippen LogP contribution >= 0.6 is 0 Å². The zero-order valence-corrected chi connectivity index (χ0v) is 10.4. The summed E-state index contributed by atoms with van der Waals surface area (Å²) in [5.41, 5.74) is 3.32. The first kappa shape index (κ1) is 12.7. The second kappa shape index (κ2) is 6.87. The van der Waals surface area contributed by atoms with Crippen molar-refractivity contribution in [1.82, 2.24) is 0 Å². The topological polar surface area (TPSA) is 21.3 Å². The lowest BCUT2D eigenvalue weighted by molar-refractivity contribution is 0.359. The van der Waals surface area contributed by atoms with Crippen LogP contribution in [0, 0.1) is 6.92 Å². The lowest BCUT2D eigenvalue weighted by Gasteiger charge is -2.07. The van der Waals surface area contributed by atoms with Crippen LogP contribution in [0.4, 0.5) is 5.69 Å². The van der Waals surface area contributed by atoms with Crippen LogP contribution in [0.5, 0.6) is 0 Å². The normalized spacial score (nSPS) is 10.1. The van der Waals surface area contributed by atoms with E-state index in [0.717, 1.165) is 17.8 Å². The predicted molar refractivity (Wildman–Crippen MR) is 78.6 cm³/mol. The molecule has 1 radical (unpaired) electrons. The van der Waals surface area contributed by atoms with Gasteiger partial charge in [0.05, 0.1) is 0 Å². The van der Waals surface area contributed by atoms with E-state index in [4.69, 9.17) is 4.65 Å². The molecule has 0 aromatic heterocycles. The molecule has 0 spiro atoms. The molecule has 0 fully saturated rings. The minimum atomic E-state index is 0.639. The maximum absolute atomic E-state index is 5.61. The maximum atomic E-state index is 5.61. The molecule has 2 aromatic rings. The number of hydrogen-bond donors (Lipinski definition) is 1. The molecule has 0 aliphatic heterocycles. The minimum Gasteiger partial charge on any atom is -0.433 e. The SMILES string of the molecule is [CH2]c1cccc(BOCCNc2ccccc2)c1. The number of anilines is 1. The van der Waals surface area contributed by atoms with Crippen LogP contribution in [0.2, 0.25) is 0 Å². The summed E-state index contributed by atoms with van der Waals surface area (Å²) in [4.78, 5) is 0. The molecule has 2 nitrogen and oxygen atoms in total. The highest BCUT2D eigenvalue weighted by Gasteiger charge is 1.97. The van der Waals surface area contributed by atoms with Crippen LogP contribution in [0.1, 0.15) is 5.56 Å². The van der Waals surface area contributed by atoms with E-state index < -0.39 is 0 Å². The fourth-order valence-corrected chi connectivity index (χ4v) is 1.73. The van der Waals surface area contributed by atoms with Crippen molar-refractivity contribution in [2.45, 2.75) is 0 Å². The van der Waals surface area contributed by atoms with Crippen LogP contribution in [-0.2, 0) is 4.65 Å². The van der Waals surface area contributed by atoms with Gasteiger partial charge in [-0.15, -0.1) is 0 Å². The van der Waals surface area contributed by atoms with E-state index in [-0.39, 0.29) is 0 Å². The second-order valence-electron chi connectivity index (χ2n) is 4.17. The standard InChI is InChI=1S/C15H17BNO/c1-13-6-5-7-14(12-13)16-18-11-10-17-15-8-3-2-4-9-15/h2-9,12,16-17H,1,10-11H2. The maximum Gasteiger partial charge on any atom is 0.308 e. The van der Waals surface area contributed by atoms with Crippen molar-refractivity contribution in [1.29, 1.82) is 0 Å². The summed E-state index contributed by atoms with van der Waals surface area (Å²) in [6, 6.07) is 18.2. The van der Waals surface area contributed by atoms with Gasteiger partial charge in [-0.1, -0.05) is 47.9 Å². The van der Waals surface area contributed by atoms with Crippen molar-refractivity contribution < 1.29 is 4.65 Å². The molecule has 0 amide bonds. The molecule has 18 heavy (non-hydrogen) atoms. The molecule has 1 N–H and O–H groups in total. The summed E-state index contributed by atoms with van der Waals surface area (Å²) in [6.07, 6.45) is 0. The summed E-state index contributed by atoms with van der Waals surface area (Å²) in [5, 5.41) is 3.30. The molecule has 2 aromatic carbocycles. The Morgan fingerprint density at radius 1 is 1.06 bits per heavy atom. The highest BCUT2D eigenvalue weighted by molar-refractivity contribution is 6.46. The Balaban J connectivity index is 1.65. The molecule has 0 heterocycles. The molecule has 91 valence electrons. The Kier molecular flexibility index (Phi) is 4.85. The molecule has 0 aliphatic carbocycles. The van der Waals surface area contributed by atoms with Crippen LogP contribution < -0.4 is 10.8 Å². The smallest absolute Gasteiger partial charge is 0.308 e. The molecule has 0 bridgehead atoms. The van der Waals surface area contributed by atoms with Gasteiger partial charge in [-0.05, 0) is 24.6 Å². The van der Waals surface area contributed by atoms with Crippen LogP contribution in [0.3, 0.4) is 0 Å². The van der Waals surface area contributed by atoms with Crippen LogP contribution in [-0.4, -0.2) is 20.6 Å². The summed E-state index contributed by atoms with van der Waals surface area (Å²) in [6.45, 7) is 5.40. The highest BCUT2D eigenvalue weighted by atomic mass is 16.4. The molecule has 0 unspecified atom stereocenters. The first-order valence-electron chi connectivity index (χ1n) is 6.12. The van der Waals surface area contributed by atoms with E-state index in [9.17, 15) is 0 Å². The van der Waals surface area contributed by atoms with Gasteiger partial charge in [0.15, 0.2) is 0 Å². The van der Waals surface area contributed by atoms with Crippen molar-refractivity contribution in [2.24, 2.45) is 0 Å². The summed E-state index contributed by atoms with van der Waals surface area (Å²) in [7, 11) is 0.639. The van der Waals surface area contributed by atoms with Gasteiger partial charge in [-0.2, -0.15) is 0 Å². The predicted octanol–water partition coefficient (Wildman–Crippen LogP) is 1.97. The zero-order chi connectivity index (χ0) is 12.6. The molecule has 0 saturated carbocycles.